The summed E-state index contributed by atoms with van der Waals surface area (Å²) in [7, 11) is 0. The number of hydrogen-bond acceptors (Lipinski definition) is 5. The first-order chi connectivity index (χ1) is 10.6. The SMILES string of the molecule is Cc1nc2ccc(C(=O)Nc3nc(CCl)cs3)cc2nc1C. The molecule has 0 spiro atoms. The van der Waals surface area contributed by atoms with Gasteiger partial charge in [0.05, 0.1) is 34.0 Å². The van der Waals surface area contributed by atoms with Crippen LogP contribution in [0.1, 0.15) is 27.4 Å². The standard InChI is InChI=1S/C15H13ClN4OS/c1-8-9(2)18-13-5-10(3-4-12(13)17-8)14(21)20-15-19-11(6-16)7-22-15/h3-5,7H,6H2,1-2H3,(H,19,20,21). The van der Waals surface area contributed by atoms with Crippen LogP contribution in [0, 0.1) is 13.8 Å². The molecule has 0 saturated carbocycles. The Morgan fingerprint density at radius 1 is 1.18 bits per heavy atom. The summed E-state index contributed by atoms with van der Waals surface area (Å²) in [6.07, 6.45) is 0. The highest BCUT2D eigenvalue weighted by Gasteiger charge is 2.11. The number of nitrogens with zero attached hydrogens (tertiary/aromatic N) is 3. The maximum Gasteiger partial charge on any atom is 0.257 e. The van der Waals surface area contributed by atoms with E-state index in [1.807, 2.05) is 19.2 Å². The highest BCUT2D eigenvalue weighted by molar-refractivity contribution is 7.14. The monoisotopic (exact) mass is 332 g/mol. The van der Waals surface area contributed by atoms with Crippen molar-refractivity contribution in [3.63, 3.8) is 0 Å². The third-order valence-corrected chi connectivity index (χ3v) is 4.33. The molecule has 0 aliphatic carbocycles. The molecule has 0 aliphatic heterocycles. The number of nitrogens with one attached hydrogen (secondary N) is 1. The van der Waals surface area contributed by atoms with Crippen LogP contribution in [0.5, 0.6) is 0 Å². The van der Waals surface area contributed by atoms with E-state index in [1.54, 1.807) is 18.2 Å². The van der Waals surface area contributed by atoms with E-state index in [-0.39, 0.29) is 5.91 Å². The van der Waals surface area contributed by atoms with Crippen molar-refractivity contribution in [1.29, 1.82) is 0 Å². The Bertz CT molecular complexity index is 862. The molecule has 2 aromatic heterocycles. The van der Waals surface area contributed by atoms with Gasteiger partial charge in [0.25, 0.3) is 5.91 Å². The van der Waals surface area contributed by atoms with Crippen LogP contribution in [0.3, 0.4) is 0 Å². The number of aromatic nitrogens is 3. The number of hydrogen-bond donors (Lipinski definition) is 1. The third-order valence-electron chi connectivity index (χ3n) is 3.25. The Morgan fingerprint density at radius 2 is 1.91 bits per heavy atom. The van der Waals surface area contributed by atoms with Gasteiger partial charge in [-0.2, -0.15) is 0 Å². The van der Waals surface area contributed by atoms with Gasteiger partial charge in [0.2, 0.25) is 0 Å². The molecular weight excluding hydrogens is 320 g/mol. The van der Waals surface area contributed by atoms with Crippen LogP contribution < -0.4 is 5.32 Å². The molecule has 1 aromatic carbocycles. The second-order valence-electron chi connectivity index (χ2n) is 4.83. The number of thiazole rings is 1. The van der Waals surface area contributed by atoms with Crippen molar-refractivity contribution in [1.82, 2.24) is 15.0 Å². The largest absolute Gasteiger partial charge is 0.298 e. The van der Waals surface area contributed by atoms with E-state index >= 15 is 0 Å². The first kappa shape index (κ1) is 14.9. The van der Waals surface area contributed by atoms with E-state index < -0.39 is 0 Å². The molecular formula is C15H13ClN4OS. The summed E-state index contributed by atoms with van der Waals surface area (Å²) >= 11 is 7.05. The van der Waals surface area contributed by atoms with Crippen molar-refractivity contribution < 1.29 is 4.79 Å². The van der Waals surface area contributed by atoms with Crippen molar-refractivity contribution in [2.75, 3.05) is 5.32 Å². The average molecular weight is 333 g/mol. The fraction of sp³-hybridized carbons (Fsp3) is 0.200. The van der Waals surface area contributed by atoms with E-state index in [0.717, 1.165) is 22.6 Å². The molecule has 0 bridgehead atoms. The van der Waals surface area contributed by atoms with Gasteiger partial charge in [0.15, 0.2) is 5.13 Å². The number of carbonyl (C=O) groups excluding carboxylic acids is 1. The molecule has 0 aliphatic rings. The van der Waals surface area contributed by atoms with Crippen LogP contribution in [-0.2, 0) is 5.88 Å². The smallest absolute Gasteiger partial charge is 0.257 e. The minimum atomic E-state index is -0.225. The Morgan fingerprint density at radius 3 is 2.59 bits per heavy atom. The molecule has 0 radical (unpaired) electrons. The molecule has 3 rings (SSSR count). The van der Waals surface area contributed by atoms with Gasteiger partial charge >= 0.3 is 0 Å². The Hall–Kier alpha value is -2.05. The minimum absolute atomic E-state index is 0.225. The normalized spacial score (nSPS) is 10.9. The van der Waals surface area contributed by atoms with Gasteiger partial charge in [-0.05, 0) is 32.0 Å². The van der Waals surface area contributed by atoms with Crippen LogP contribution in [0.4, 0.5) is 5.13 Å². The van der Waals surface area contributed by atoms with Crippen molar-refractivity contribution in [2.45, 2.75) is 19.7 Å². The molecule has 112 valence electrons. The second kappa shape index (κ2) is 5.98. The molecule has 0 atom stereocenters. The van der Waals surface area contributed by atoms with Gasteiger partial charge in [0.1, 0.15) is 0 Å². The predicted octanol–water partition coefficient (Wildman–Crippen LogP) is 3.69. The van der Waals surface area contributed by atoms with E-state index in [2.05, 4.69) is 20.3 Å². The van der Waals surface area contributed by atoms with Crippen molar-refractivity contribution in [3.8, 4) is 0 Å². The summed E-state index contributed by atoms with van der Waals surface area (Å²) < 4.78 is 0. The lowest BCUT2D eigenvalue weighted by molar-refractivity contribution is 0.102. The molecule has 1 amide bonds. The number of rotatable bonds is 3. The number of benzene rings is 1. The zero-order chi connectivity index (χ0) is 15.7. The quantitative estimate of drug-likeness (QED) is 0.743. The van der Waals surface area contributed by atoms with Crippen LogP contribution >= 0.6 is 22.9 Å². The molecule has 7 heteroatoms. The molecule has 3 aromatic rings. The first-order valence-corrected chi connectivity index (χ1v) is 8.05. The molecule has 22 heavy (non-hydrogen) atoms. The lowest BCUT2D eigenvalue weighted by Gasteiger charge is -2.05. The summed E-state index contributed by atoms with van der Waals surface area (Å²) in [6, 6.07) is 5.27. The van der Waals surface area contributed by atoms with Gasteiger partial charge < -0.3 is 0 Å². The number of fused-ring (bicyclic) bond motifs is 1. The Labute approximate surface area is 136 Å². The molecule has 2 heterocycles. The van der Waals surface area contributed by atoms with Crippen LogP contribution in [0.25, 0.3) is 11.0 Å². The van der Waals surface area contributed by atoms with Crippen LogP contribution in [0.15, 0.2) is 23.6 Å². The zero-order valence-electron chi connectivity index (χ0n) is 12.1. The number of anilines is 1. The van der Waals surface area contributed by atoms with E-state index in [1.165, 1.54) is 11.3 Å². The van der Waals surface area contributed by atoms with Gasteiger partial charge in [-0.25, -0.2) is 15.0 Å². The fourth-order valence-electron chi connectivity index (χ4n) is 1.97. The topological polar surface area (TPSA) is 67.8 Å². The summed E-state index contributed by atoms with van der Waals surface area (Å²) in [4.78, 5) is 25.4. The van der Waals surface area contributed by atoms with Gasteiger partial charge in [-0.3, -0.25) is 10.1 Å². The number of halogens is 1. The highest BCUT2D eigenvalue weighted by atomic mass is 35.5. The number of carbonyl (C=O) groups is 1. The highest BCUT2D eigenvalue weighted by Crippen LogP contribution is 2.19. The lowest BCUT2D eigenvalue weighted by Crippen LogP contribution is -2.12. The van der Waals surface area contributed by atoms with Crippen molar-refractivity contribution in [2.24, 2.45) is 0 Å². The fourth-order valence-corrected chi connectivity index (χ4v) is 2.90. The van der Waals surface area contributed by atoms with Crippen LogP contribution in [0.2, 0.25) is 0 Å². The number of alkyl halides is 1. The molecule has 0 saturated heterocycles. The Kier molecular flexibility index (Phi) is 4.04. The second-order valence-corrected chi connectivity index (χ2v) is 5.96. The lowest BCUT2D eigenvalue weighted by atomic mass is 10.1. The van der Waals surface area contributed by atoms with E-state index in [9.17, 15) is 4.79 Å². The van der Waals surface area contributed by atoms with Gasteiger partial charge in [-0.15, -0.1) is 22.9 Å². The van der Waals surface area contributed by atoms with E-state index in [4.69, 9.17) is 11.6 Å². The molecule has 0 fully saturated rings. The van der Waals surface area contributed by atoms with E-state index in [0.29, 0.717) is 22.1 Å². The maximum absolute atomic E-state index is 12.3. The minimum Gasteiger partial charge on any atom is -0.298 e. The molecule has 0 unspecified atom stereocenters. The first-order valence-electron chi connectivity index (χ1n) is 6.63. The maximum atomic E-state index is 12.3. The Balaban J connectivity index is 1.88. The van der Waals surface area contributed by atoms with Gasteiger partial charge in [0, 0.05) is 10.9 Å². The summed E-state index contributed by atoms with van der Waals surface area (Å²) in [5.41, 5.74) is 4.50. The zero-order valence-corrected chi connectivity index (χ0v) is 13.6. The van der Waals surface area contributed by atoms with Crippen molar-refractivity contribution in [3.05, 3.63) is 46.2 Å². The molecule has 5 nitrogen and oxygen atoms in total. The van der Waals surface area contributed by atoms with Crippen LogP contribution in [-0.4, -0.2) is 20.9 Å². The average Bonchev–Trinajstić information content (AvgIpc) is 2.95. The van der Waals surface area contributed by atoms with Crippen molar-refractivity contribution >= 4 is 45.0 Å². The number of amides is 1. The summed E-state index contributed by atoms with van der Waals surface area (Å²) in [5.74, 6) is 0.105. The summed E-state index contributed by atoms with van der Waals surface area (Å²) in [6.45, 7) is 3.82. The molecule has 1 N–H and O–H groups in total. The van der Waals surface area contributed by atoms with Gasteiger partial charge in [-0.1, -0.05) is 0 Å². The predicted molar refractivity (Wildman–Crippen MR) is 88.6 cm³/mol. The summed E-state index contributed by atoms with van der Waals surface area (Å²) in [5, 5.41) is 5.12. The third kappa shape index (κ3) is 2.93. The number of aryl methyl sites for hydroxylation is 2.